The zero-order valence-electron chi connectivity index (χ0n) is 24.1. The first-order valence-corrected chi connectivity index (χ1v) is 15.7. The summed E-state index contributed by atoms with van der Waals surface area (Å²) in [6, 6.07) is 19.7. The van der Waals surface area contributed by atoms with Gasteiger partial charge in [-0.1, -0.05) is 56.3 Å². The van der Waals surface area contributed by atoms with Crippen molar-refractivity contribution in [3.05, 3.63) is 89.2 Å². The van der Waals surface area contributed by atoms with E-state index in [1.807, 2.05) is 28.8 Å². The molecule has 0 amide bonds. The maximum atomic E-state index is 13.5. The third kappa shape index (κ3) is 7.54. The van der Waals surface area contributed by atoms with Gasteiger partial charge in [-0.3, -0.25) is 10.1 Å². The maximum absolute atomic E-state index is 13.5. The predicted octanol–water partition coefficient (Wildman–Crippen LogP) is 3.14. The first-order chi connectivity index (χ1) is 20.1. The van der Waals surface area contributed by atoms with Crippen molar-refractivity contribution < 1.29 is 18.6 Å². The Morgan fingerprint density at radius 2 is 1.76 bits per heavy atom. The summed E-state index contributed by atoms with van der Waals surface area (Å²) in [7, 11) is -3.86. The van der Waals surface area contributed by atoms with Crippen LogP contribution in [0.3, 0.4) is 0 Å². The van der Waals surface area contributed by atoms with Crippen LogP contribution in [0.25, 0.3) is 11.0 Å². The molecule has 1 atom stereocenters. The topological polar surface area (TPSA) is 158 Å². The summed E-state index contributed by atoms with van der Waals surface area (Å²) in [5.74, 6) is 0.714. The van der Waals surface area contributed by atoms with E-state index in [1.165, 1.54) is 0 Å². The van der Waals surface area contributed by atoms with E-state index in [0.29, 0.717) is 41.9 Å². The van der Waals surface area contributed by atoms with Gasteiger partial charge in [0.2, 0.25) is 0 Å². The molecule has 0 saturated heterocycles. The highest BCUT2D eigenvalue weighted by atomic mass is 32.2. The van der Waals surface area contributed by atoms with Gasteiger partial charge in [-0.15, -0.1) is 0 Å². The molecule has 0 spiro atoms. The highest BCUT2D eigenvalue weighted by molar-refractivity contribution is 7.92. The Bertz CT molecular complexity index is 1610. The number of fused-ring (bicyclic) bond motifs is 1. The molecule has 10 nitrogen and oxygen atoms in total. The van der Waals surface area contributed by atoms with Crippen LogP contribution in [0.15, 0.2) is 71.6 Å². The summed E-state index contributed by atoms with van der Waals surface area (Å²) in [5, 5.41) is 27.3. The number of anilines is 1. The van der Waals surface area contributed by atoms with Gasteiger partial charge in [0.1, 0.15) is 11.7 Å². The summed E-state index contributed by atoms with van der Waals surface area (Å²) >= 11 is 0. The number of hydrogen-bond donors (Lipinski definition) is 5. The molecule has 0 bridgehead atoms. The Labute approximate surface area is 247 Å². The van der Waals surface area contributed by atoms with Crippen LogP contribution in [-0.2, 0) is 35.8 Å². The van der Waals surface area contributed by atoms with E-state index in [2.05, 4.69) is 23.5 Å². The lowest BCUT2D eigenvalue weighted by Gasteiger charge is -2.19. The van der Waals surface area contributed by atoms with E-state index < -0.39 is 22.7 Å². The van der Waals surface area contributed by atoms with Crippen LogP contribution in [0, 0.1) is 5.41 Å². The minimum Gasteiger partial charge on any atom is -0.394 e. The minimum absolute atomic E-state index is 0.0101. The standard InChI is InChI=1S/C31H40N6O4S/c1-3-36(4-2)18-17-23-7-5-6-8-29(23)42(40,41)35-25-14-15-28-27(19-25)34-30(37(28)20-26(39)21-38)16-11-22-9-12-24(13-10-22)31(32)33/h5-10,12-15,19,26,35,38-39H,3-4,11,16-18,20-21H2,1-2H3,(H3,32,33). The molecule has 0 aliphatic carbocycles. The SMILES string of the molecule is CCN(CC)CCc1ccccc1S(=O)(=O)Nc1ccc2c(c1)nc(CCc1ccc(C(=N)N)cc1)n2CC(O)CO. The lowest BCUT2D eigenvalue weighted by Crippen LogP contribution is -2.26. The van der Waals surface area contributed by atoms with Crippen LogP contribution in [0.2, 0.25) is 0 Å². The van der Waals surface area contributed by atoms with Crippen LogP contribution in [-0.4, -0.2) is 71.3 Å². The fraction of sp³-hybridized carbons (Fsp3) is 0.355. The number of aliphatic hydroxyl groups excluding tert-OH is 2. The van der Waals surface area contributed by atoms with Gasteiger partial charge in [0.25, 0.3) is 10.0 Å². The van der Waals surface area contributed by atoms with Gasteiger partial charge in [0, 0.05) is 18.5 Å². The van der Waals surface area contributed by atoms with Gasteiger partial charge in [-0.05, 0) is 61.3 Å². The van der Waals surface area contributed by atoms with E-state index in [0.717, 1.165) is 36.3 Å². The fourth-order valence-corrected chi connectivity index (χ4v) is 6.33. The van der Waals surface area contributed by atoms with Crippen LogP contribution >= 0.6 is 0 Å². The van der Waals surface area contributed by atoms with Crippen LogP contribution in [0.1, 0.15) is 36.4 Å². The molecule has 4 aromatic rings. The second-order valence-corrected chi connectivity index (χ2v) is 11.9. The molecular formula is C31H40N6O4S. The lowest BCUT2D eigenvalue weighted by molar-refractivity contribution is 0.0814. The van der Waals surface area contributed by atoms with Crippen molar-refractivity contribution in [2.24, 2.45) is 5.73 Å². The number of hydrogen-bond acceptors (Lipinski definition) is 7. The molecule has 6 N–H and O–H groups in total. The van der Waals surface area contributed by atoms with Crippen molar-refractivity contribution in [3.63, 3.8) is 0 Å². The summed E-state index contributed by atoms with van der Waals surface area (Å²) < 4.78 is 31.6. The molecule has 11 heteroatoms. The molecule has 1 unspecified atom stereocenters. The molecule has 3 aromatic carbocycles. The maximum Gasteiger partial charge on any atom is 0.262 e. The highest BCUT2D eigenvalue weighted by Gasteiger charge is 2.20. The zero-order valence-corrected chi connectivity index (χ0v) is 24.9. The highest BCUT2D eigenvalue weighted by Crippen LogP contribution is 2.25. The normalized spacial score (nSPS) is 12.6. The number of sulfonamides is 1. The zero-order chi connectivity index (χ0) is 30.3. The summed E-state index contributed by atoms with van der Waals surface area (Å²) in [5.41, 5.74) is 9.71. The predicted molar refractivity (Wildman–Crippen MR) is 166 cm³/mol. The quantitative estimate of drug-likeness (QED) is 0.105. The van der Waals surface area contributed by atoms with Gasteiger partial charge >= 0.3 is 0 Å². The van der Waals surface area contributed by atoms with Crippen molar-refractivity contribution >= 4 is 32.6 Å². The average molecular weight is 593 g/mol. The molecule has 1 aromatic heterocycles. The molecule has 0 fully saturated rings. The lowest BCUT2D eigenvalue weighted by atomic mass is 10.1. The number of likely N-dealkylation sites (N-methyl/N-ethyl adjacent to an activating group) is 1. The summed E-state index contributed by atoms with van der Waals surface area (Å²) in [6.45, 7) is 6.52. The molecule has 1 heterocycles. The van der Waals surface area contributed by atoms with Gasteiger partial charge in [-0.2, -0.15) is 0 Å². The third-order valence-corrected chi connectivity index (χ3v) is 8.92. The molecule has 42 heavy (non-hydrogen) atoms. The van der Waals surface area contributed by atoms with Crippen molar-refractivity contribution in [1.82, 2.24) is 14.5 Å². The number of nitrogens with zero attached hydrogens (tertiary/aromatic N) is 3. The summed E-state index contributed by atoms with van der Waals surface area (Å²) in [6.07, 6.45) is 0.853. The number of aliphatic hydroxyl groups is 2. The van der Waals surface area contributed by atoms with Crippen molar-refractivity contribution in [3.8, 4) is 0 Å². The second-order valence-electron chi connectivity index (χ2n) is 10.3. The number of rotatable bonds is 15. The van der Waals surface area contributed by atoms with E-state index >= 15 is 0 Å². The Morgan fingerprint density at radius 3 is 2.43 bits per heavy atom. The molecule has 0 aliphatic rings. The Morgan fingerprint density at radius 1 is 1.05 bits per heavy atom. The minimum atomic E-state index is -3.86. The number of aryl methyl sites for hydroxylation is 2. The monoisotopic (exact) mass is 592 g/mol. The Balaban J connectivity index is 1.59. The van der Waals surface area contributed by atoms with Gasteiger partial charge < -0.3 is 25.4 Å². The number of nitrogen functional groups attached to an aromatic ring is 1. The van der Waals surface area contributed by atoms with Gasteiger partial charge in [0.05, 0.1) is 40.9 Å². The van der Waals surface area contributed by atoms with Crippen molar-refractivity contribution in [2.45, 2.75) is 50.7 Å². The first kappa shape index (κ1) is 31.2. The number of nitrogens with one attached hydrogen (secondary N) is 2. The largest absolute Gasteiger partial charge is 0.394 e. The summed E-state index contributed by atoms with van der Waals surface area (Å²) in [4.78, 5) is 7.30. The van der Waals surface area contributed by atoms with Crippen molar-refractivity contribution in [2.75, 3.05) is 31.0 Å². The molecular weight excluding hydrogens is 552 g/mol. The van der Waals surface area contributed by atoms with Gasteiger partial charge in [-0.25, -0.2) is 13.4 Å². The average Bonchev–Trinajstić information content (AvgIpc) is 3.32. The first-order valence-electron chi connectivity index (χ1n) is 14.2. The van der Waals surface area contributed by atoms with E-state index in [9.17, 15) is 18.6 Å². The van der Waals surface area contributed by atoms with Crippen LogP contribution in [0.4, 0.5) is 5.69 Å². The second kappa shape index (κ2) is 13.9. The smallest absolute Gasteiger partial charge is 0.262 e. The van der Waals surface area contributed by atoms with E-state index in [-0.39, 0.29) is 17.3 Å². The number of aromatic nitrogens is 2. The van der Waals surface area contributed by atoms with Crippen LogP contribution < -0.4 is 10.5 Å². The Hall–Kier alpha value is -3.77. The fourth-order valence-electron chi connectivity index (χ4n) is 5.01. The Kier molecular flexibility index (Phi) is 10.3. The number of benzene rings is 3. The molecule has 0 radical (unpaired) electrons. The molecule has 0 aliphatic heterocycles. The molecule has 0 saturated carbocycles. The van der Waals surface area contributed by atoms with Gasteiger partial charge in [0.15, 0.2) is 0 Å². The third-order valence-electron chi connectivity index (χ3n) is 7.44. The molecule has 4 rings (SSSR count). The molecule has 224 valence electrons. The van der Waals surface area contributed by atoms with Crippen LogP contribution in [0.5, 0.6) is 0 Å². The van der Waals surface area contributed by atoms with E-state index in [1.54, 1.807) is 42.5 Å². The van der Waals surface area contributed by atoms with E-state index in [4.69, 9.17) is 16.1 Å². The number of imidazole rings is 1. The number of nitrogens with two attached hydrogens (primary N) is 1. The number of amidine groups is 1. The van der Waals surface area contributed by atoms with Crippen molar-refractivity contribution in [1.29, 1.82) is 5.41 Å².